The fourth-order valence-corrected chi connectivity index (χ4v) is 1.65. The number of terminal acetylenes is 2. The highest BCUT2D eigenvalue weighted by molar-refractivity contribution is 6.31. The second-order valence-electron chi connectivity index (χ2n) is 3.61. The van der Waals surface area contributed by atoms with Gasteiger partial charge in [0.1, 0.15) is 5.75 Å². The van der Waals surface area contributed by atoms with E-state index in [1.54, 1.807) is 6.07 Å². The van der Waals surface area contributed by atoms with E-state index in [1.807, 2.05) is 0 Å². The third-order valence-electron chi connectivity index (χ3n) is 2.30. The standard InChI is InChI=1S/C14H12ClNO2/c1-3-7-16(8-4-2)14(18)9-11-5-6-12(17)10-13(11)15/h1-2,5-6,10,17H,7-9H2. The lowest BCUT2D eigenvalue weighted by Crippen LogP contribution is -2.33. The van der Waals surface area contributed by atoms with Gasteiger partial charge in [-0.2, -0.15) is 0 Å². The first-order chi connectivity index (χ1) is 8.58. The third kappa shape index (κ3) is 3.73. The van der Waals surface area contributed by atoms with E-state index in [0.717, 1.165) is 0 Å². The normalized spacial score (nSPS) is 9.28. The number of halogens is 1. The first-order valence-electron chi connectivity index (χ1n) is 5.20. The lowest BCUT2D eigenvalue weighted by Gasteiger charge is -2.17. The zero-order chi connectivity index (χ0) is 13.5. The van der Waals surface area contributed by atoms with Crippen molar-refractivity contribution >= 4 is 17.5 Å². The van der Waals surface area contributed by atoms with Crippen LogP contribution in [0.1, 0.15) is 5.56 Å². The quantitative estimate of drug-likeness (QED) is 0.838. The highest BCUT2D eigenvalue weighted by Gasteiger charge is 2.14. The zero-order valence-electron chi connectivity index (χ0n) is 9.69. The molecule has 0 spiro atoms. The number of hydrogen-bond acceptors (Lipinski definition) is 2. The molecule has 0 heterocycles. The number of carbonyl (C=O) groups excluding carboxylic acids is 1. The Morgan fingerprint density at radius 1 is 1.33 bits per heavy atom. The molecule has 0 aliphatic heterocycles. The Morgan fingerprint density at radius 2 is 1.94 bits per heavy atom. The summed E-state index contributed by atoms with van der Waals surface area (Å²) in [5.41, 5.74) is 0.624. The van der Waals surface area contributed by atoms with Crippen LogP contribution in [0.3, 0.4) is 0 Å². The molecule has 0 saturated carbocycles. The van der Waals surface area contributed by atoms with E-state index in [9.17, 15) is 9.90 Å². The van der Waals surface area contributed by atoms with E-state index in [2.05, 4.69) is 11.8 Å². The van der Waals surface area contributed by atoms with Crippen molar-refractivity contribution in [3.8, 4) is 30.4 Å². The van der Waals surface area contributed by atoms with E-state index in [4.69, 9.17) is 24.4 Å². The van der Waals surface area contributed by atoms with E-state index in [-0.39, 0.29) is 31.2 Å². The number of carbonyl (C=O) groups is 1. The fourth-order valence-electron chi connectivity index (χ4n) is 1.41. The Labute approximate surface area is 111 Å². The summed E-state index contributed by atoms with van der Waals surface area (Å²) in [6, 6.07) is 4.46. The lowest BCUT2D eigenvalue weighted by molar-refractivity contribution is -0.129. The van der Waals surface area contributed by atoms with Crippen molar-refractivity contribution in [2.45, 2.75) is 6.42 Å². The Hall–Kier alpha value is -2.10. The van der Waals surface area contributed by atoms with E-state index in [1.165, 1.54) is 17.0 Å². The largest absolute Gasteiger partial charge is 0.508 e. The number of phenols is 1. The monoisotopic (exact) mass is 261 g/mol. The van der Waals surface area contributed by atoms with Crippen LogP contribution in [0.5, 0.6) is 5.75 Å². The van der Waals surface area contributed by atoms with Crippen LogP contribution in [0.25, 0.3) is 0 Å². The van der Waals surface area contributed by atoms with Crippen LogP contribution in [0.2, 0.25) is 5.02 Å². The predicted octanol–water partition coefficient (Wildman–Crippen LogP) is 1.68. The van der Waals surface area contributed by atoms with Crippen molar-refractivity contribution in [3.05, 3.63) is 28.8 Å². The second kappa shape index (κ2) is 6.59. The molecule has 3 nitrogen and oxygen atoms in total. The smallest absolute Gasteiger partial charge is 0.228 e. The molecule has 1 rings (SSSR count). The Bertz CT molecular complexity index is 510. The van der Waals surface area contributed by atoms with Gasteiger partial charge in [-0.05, 0) is 17.7 Å². The third-order valence-corrected chi connectivity index (χ3v) is 2.65. The van der Waals surface area contributed by atoms with Gasteiger partial charge in [0.05, 0.1) is 19.5 Å². The average Bonchev–Trinajstić information content (AvgIpc) is 2.32. The first kappa shape index (κ1) is 14.0. The molecule has 0 bridgehead atoms. The molecule has 1 N–H and O–H groups in total. The fraction of sp³-hybridized carbons (Fsp3) is 0.214. The van der Waals surface area contributed by atoms with Gasteiger partial charge < -0.3 is 10.0 Å². The minimum atomic E-state index is -0.196. The van der Waals surface area contributed by atoms with Gasteiger partial charge in [-0.25, -0.2) is 0 Å². The molecule has 1 aromatic rings. The molecule has 0 saturated heterocycles. The summed E-state index contributed by atoms with van der Waals surface area (Å²) >= 11 is 5.92. The average molecular weight is 262 g/mol. The van der Waals surface area contributed by atoms with Gasteiger partial charge in [0, 0.05) is 5.02 Å². The van der Waals surface area contributed by atoms with Crippen molar-refractivity contribution in [2.75, 3.05) is 13.1 Å². The van der Waals surface area contributed by atoms with E-state index < -0.39 is 0 Å². The molecule has 18 heavy (non-hydrogen) atoms. The molecule has 1 amide bonds. The summed E-state index contributed by atoms with van der Waals surface area (Å²) in [7, 11) is 0. The van der Waals surface area contributed by atoms with Crippen LogP contribution >= 0.6 is 11.6 Å². The van der Waals surface area contributed by atoms with Crippen LogP contribution in [0.15, 0.2) is 18.2 Å². The van der Waals surface area contributed by atoms with E-state index >= 15 is 0 Å². The first-order valence-corrected chi connectivity index (χ1v) is 5.58. The van der Waals surface area contributed by atoms with Crippen LogP contribution in [-0.2, 0) is 11.2 Å². The molecule has 0 aromatic heterocycles. The van der Waals surface area contributed by atoms with Gasteiger partial charge in [-0.15, -0.1) is 12.8 Å². The van der Waals surface area contributed by atoms with Crippen molar-refractivity contribution in [1.29, 1.82) is 0 Å². The van der Waals surface area contributed by atoms with Crippen LogP contribution in [0.4, 0.5) is 0 Å². The number of hydrogen-bond donors (Lipinski definition) is 1. The van der Waals surface area contributed by atoms with Crippen LogP contribution < -0.4 is 0 Å². The molecule has 92 valence electrons. The second-order valence-corrected chi connectivity index (χ2v) is 4.02. The Kier molecular flexibility index (Phi) is 5.11. The van der Waals surface area contributed by atoms with Crippen molar-refractivity contribution in [2.24, 2.45) is 0 Å². The SMILES string of the molecule is C#CCN(CC#C)C(=O)Cc1ccc(O)cc1Cl. The molecule has 0 fully saturated rings. The summed E-state index contributed by atoms with van der Waals surface area (Å²) < 4.78 is 0. The van der Waals surface area contributed by atoms with Crippen LogP contribution in [-0.4, -0.2) is 29.0 Å². The van der Waals surface area contributed by atoms with Crippen molar-refractivity contribution in [1.82, 2.24) is 4.90 Å². The van der Waals surface area contributed by atoms with Gasteiger partial charge in [-0.3, -0.25) is 4.79 Å². The highest BCUT2D eigenvalue weighted by Crippen LogP contribution is 2.22. The topological polar surface area (TPSA) is 40.5 Å². The van der Waals surface area contributed by atoms with Crippen molar-refractivity contribution < 1.29 is 9.90 Å². The minimum absolute atomic E-state index is 0.0558. The number of amides is 1. The summed E-state index contributed by atoms with van der Waals surface area (Å²) in [4.78, 5) is 13.3. The van der Waals surface area contributed by atoms with Crippen LogP contribution in [0, 0.1) is 24.7 Å². The van der Waals surface area contributed by atoms with Gasteiger partial charge in [0.2, 0.25) is 5.91 Å². The number of phenolic OH excluding ortho intramolecular Hbond substituents is 1. The maximum Gasteiger partial charge on any atom is 0.228 e. The highest BCUT2D eigenvalue weighted by atomic mass is 35.5. The lowest BCUT2D eigenvalue weighted by atomic mass is 10.1. The number of benzene rings is 1. The Balaban J connectivity index is 2.80. The van der Waals surface area contributed by atoms with E-state index in [0.29, 0.717) is 10.6 Å². The maximum atomic E-state index is 11.9. The summed E-state index contributed by atoms with van der Waals surface area (Å²) in [5, 5.41) is 9.55. The molecule has 0 atom stereocenters. The van der Waals surface area contributed by atoms with Gasteiger partial charge in [-0.1, -0.05) is 29.5 Å². The van der Waals surface area contributed by atoms with Gasteiger partial charge in [0.25, 0.3) is 0 Å². The molecule has 0 unspecified atom stereocenters. The zero-order valence-corrected chi connectivity index (χ0v) is 10.4. The molecule has 0 aliphatic carbocycles. The molecule has 0 aliphatic rings. The van der Waals surface area contributed by atoms with Gasteiger partial charge >= 0.3 is 0 Å². The van der Waals surface area contributed by atoms with Crippen molar-refractivity contribution in [3.63, 3.8) is 0 Å². The number of rotatable bonds is 4. The maximum absolute atomic E-state index is 11.9. The van der Waals surface area contributed by atoms with Gasteiger partial charge in [0.15, 0.2) is 0 Å². The molecule has 1 aromatic carbocycles. The summed E-state index contributed by atoms with van der Waals surface area (Å²) in [5.74, 6) is 4.62. The molecule has 0 radical (unpaired) electrons. The Morgan fingerprint density at radius 3 is 2.44 bits per heavy atom. The molecular weight excluding hydrogens is 250 g/mol. The minimum Gasteiger partial charge on any atom is -0.508 e. The predicted molar refractivity (Wildman–Crippen MR) is 71.1 cm³/mol. The summed E-state index contributed by atoms with van der Waals surface area (Å²) in [6.07, 6.45) is 10.4. The number of nitrogens with zero attached hydrogens (tertiary/aromatic N) is 1. The molecule has 4 heteroatoms. The summed E-state index contributed by atoms with van der Waals surface area (Å²) in [6.45, 7) is 0.331. The molecular formula is C14H12ClNO2. The number of aromatic hydroxyl groups is 1.